The minimum atomic E-state index is -1.06. The molecule has 0 saturated carbocycles. The number of benzene rings is 1. The predicted molar refractivity (Wildman–Crippen MR) is 79.8 cm³/mol. The zero-order valence-electron chi connectivity index (χ0n) is 11.1. The first-order valence-electron chi connectivity index (χ1n) is 6.50. The van der Waals surface area contributed by atoms with Crippen molar-refractivity contribution in [2.45, 2.75) is 6.04 Å². The SMILES string of the molecule is O=C(O)C1COCCN1C(=O)Nc1ccc2sccc2c1. The number of nitrogens with one attached hydrogen (secondary N) is 1. The number of carboxylic acids is 1. The van der Waals surface area contributed by atoms with Gasteiger partial charge >= 0.3 is 12.0 Å². The molecule has 0 aliphatic carbocycles. The third-order valence-electron chi connectivity index (χ3n) is 3.38. The summed E-state index contributed by atoms with van der Waals surface area (Å²) in [6.07, 6.45) is 0. The molecule has 7 heteroatoms. The van der Waals surface area contributed by atoms with E-state index in [2.05, 4.69) is 5.32 Å². The molecule has 1 aromatic carbocycles. The van der Waals surface area contributed by atoms with Gasteiger partial charge in [-0.3, -0.25) is 0 Å². The quantitative estimate of drug-likeness (QED) is 0.891. The van der Waals surface area contributed by atoms with E-state index in [1.54, 1.807) is 11.3 Å². The highest BCUT2D eigenvalue weighted by Gasteiger charge is 2.32. The van der Waals surface area contributed by atoms with Crippen LogP contribution in [0.25, 0.3) is 10.1 Å². The Bertz CT molecular complexity index is 684. The average Bonchev–Trinajstić information content (AvgIpc) is 2.94. The monoisotopic (exact) mass is 306 g/mol. The number of amides is 2. The number of morpholine rings is 1. The summed E-state index contributed by atoms with van der Waals surface area (Å²) in [4.78, 5) is 24.7. The van der Waals surface area contributed by atoms with Crippen molar-refractivity contribution < 1.29 is 19.4 Å². The lowest BCUT2D eigenvalue weighted by atomic mass is 10.2. The Balaban J connectivity index is 1.76. The van der Waals surface area contributed by atoms with Gasteiger partial charge in [0.05, 0.1) is 13.2 Å². The lowest BCUT2D eigenvalue weighted by molar-refractivity contribution is -0.147. The second-order valence-corrected chi connectivity index (χ2v) is 5.67. The van der Waals surface area contributed by atoms with E-state index in [9.17, 15) is 9.59 Å². The van der Waals surface area contributed by atoms with Crippen LogP contribution in [-0.4, -0.2) is 47.8 Å². The first kappa shape index (κ1) is 13.8. The zero-order chi connectivity index (χ0) is 14.8. The molecule has 1 atom stereocenters. The zero-order valence-corrected chi connectivity index (χ0v) is 11.9. The Morgan fingerprint density at radius 2 is 2.24 bits per heavy atom. The van der Waals surface area contributed by atoms with E-state index in [1.807, 2.05) is 29.6 Å². The molecule has 2 heterocycles. The summed E-state index contributed by atoms with van der Waals surface area (Å²) in [5.74, 6) is -1.06. The molecule has 1 aromatic heterocycles. The molecule has 1 aliphatic heterocycles. The third-order valence-corrected chi connectivity index (χ3v) is 4.28. The van der Waals surface area contributed by atoms with Crippen LogP contribution in [0.4, 0.5) is 10.5 Å². The summed E-state index contributed by atoms with van der Waals surface area (Å²) in [5, 5.41) is 14.9. The summed E-state index contributed by atoms with van der Waals surface area (Å²) in [7, 11) is 0. The van der Waals surface area contributed by atoms with Crippen LogP contribution in [0, 0.1) is 0 Å². The van der Waals surface area contributed by atoms with E-state index >= 15 is 0 Å². The Labute approximate surface area is 124 Å². The number of carbonyl (C=O) groups excluding carboxylic acids is 1. The summed E-state index contributed by atoms with van der Waals surface area (Å²) in [6, 6.07) is 6.24. The highest BCUT2D eigenvalue weighted by atomic mass is 32.1. The standard InChI is InChI=1S/C14H14N2O4S/c17-13(18)11-8-20-5-4-16(11)14(19)15-10-1-2-12-9(7-10)3-6-21-12/h1-3,6-7,11H,4-5,8H2,(H,15,19)(H,17,18). The second-order valence-electron chi connectivity index (χ2n) is 4.73. The van der Waals surface area contributed by atoms with Crippen molar-refractivity contribution >= 4 is 39.1 Å². The molecule has 0 bridgehead atoms. The van der Waals surface area contributed by atoms with Crippen LogP contribution in [0.5, 0.6) is 0 Å². The van der Waals surface area contributed by atoms with E-state index in [1.165, 1.54) is 4.90 Å². The average molecular weight is 306 g/mol. The smallest absolute Gasteiger partial charge is 0.328 e. The van der Waals surface area contributed by atoms with Gasteiger partial charge in [0.2, 0.25) is 0 Å². The number of ether oxygens (including phenoxy) is 1. The molecule has 1 unspecified atom stereocenters. The number of aliphatic carboxylic acids is 1. The van der Waals surface area contributed by atoms with Crippen molar-refractivity contribution in [3.8, 4) is 0 Å². The van der Waals surface area contributed by atoms with Gasteiger partial charge in [0.15, 0.2) is 6.04 Å². The van der Waals surface area contributed by atoms with Crippen molar-refractivity contribution in [2.24, 2.45) is 0 Å². The van der Waals surface area contributed by atoms with Crippen molar-refractivity contribution in [3.63, 3.8) is 0 Å². The number of urea groups is 1. The molecular weight excluding hydrogens is 292 g/mol. The van der Waals surface area contributed by atoms with E-state index in [4.69, 9.17) is 9.84 Å². The van der Waals surface area contributed by atoms with Crippen LogP contribution in [-0.2, 0) is 9.53 Å². The van der Waals surface area contributed by atoms with Gasteiger partial charge < -0.3 is 20.1 Å². The Hall–Kier alpha value is -2.12. The van der Waals surface area contributed by atoms with Crippen LogP contribution in [0.3, 0.4) is 0 Å². The molecule has 21 heavy (non-hydrogen) atoms. The minimum absolute atomic E-state index is 0.0202. The van der Waals surface area contributed by atoms with Crippen molar-refractivity contribution in [1.82, 2.24) is 4.90 Å². The van der Waals surface area contributed by atoms with Crippen molar-refractivity contribution in [1.29, 1.82) is 0 Å². The molecule has 2 amide bonds. The van der Waals surface area contributed by atoms with Gasteiger partial charge in [-0.05, 0) is 35.0 Å². The fourth-order valence-corrected chi connectivity index (χ4v) is 3.06. The maximum atomic E-state index is 12.3. The van der Waals surface area contributed by atoms with Gasteiger partial charge in [-0.15, -0.1) is 11.3 Å². The lowest BCUT2D eigenvalue weighted by Gasteiger charge is -2.32. The van der Waals surface area contributed by atoms with Gasteiger partial charge in [0.1, 0.15) is 0 Å². The number of thiophene rings is 1. The lowest BCUT2D eigenvalue weighted by Crippen LogP contribution is -2.53. The van der Waals surface area contributed by atoms with Gasteiger partial charge in [0.25, 0.3) is 0 Å². The molecule has 0 radical (unpaired) electrons. The molecule has 1 saturated heterocycles. The van der Waals surface area contributed by atoms with Gasteiger partial charge in [-0.25, -0.2) is 9.59 Å². The number of carboxylic acid groups (broad SMARTS) is 1. The maximum absolute atomic E-state index is 12.3. The highest BCUT2D eigenvalue weighted by molar-refractivity contribution is 7.17. The topological polar surface area (TPSA) is 78.9 Å². The Morgan fingerprint density at radius 3 is 3.05 bits per heavy atom. The van der Waals surface area contributed by atoms with Gasteiger partial charge in [-0.2, -0.15) is 0 Å². The van der Waals surface area contributed by atoms with E-state index < -0.39 is 18.0 Å². The van der Waals surface area contributed by atoms with Crippen LogP contribution in [0.15, 0.2) is 29.6 Å². The van der Waals surface area contributed by atoms with E-state index in [0.29, 0.717) is 12.3 Å². The highest BCUT2D eigenvalue weighted by Crippen LogP contribution is 2.24. The fourth-order valence-electron chi connectivity index (χ4n) is 2.29. The van der Waals surface area contributed by atoms with Gasteiger partial charge in [0, 0.05) is 16.9 Å². The predicted octanol–water partition coefficient (Wildman–Crippen LogP) is 2.22. The first-order chi connectivity index (χ1) is 10.1. The molecule has 3 rings (SSSR count). The first-order valence-corrected chi connectivity index (χ1v) is 7.38. The summed E-state index contributed by atoms with van der Waals surface area (Å²) < 4.78 is 6.26. The maximum Gasteiger partial charge on any atom is 0.328 e. The van der Waals surface area contributed by atoms with Crippen LogP contribution in [0.1, 0.15) is 0 Å². The number of hydrogen-bond donors (Lipinski definition) is 2. The summed E-state index contributed by atoms with van der Waals surface area (Å²) in [5.41, 5.74) is 0.654. The van der Waals surface area contributed by atoms with Crippen LogP contribution in [0.2, 0.25) is 0 Å². The molecule has 1 fully saturated rings. The Kier molecular flexibility index (Phi) is 3.76. The fraction of sp³-hybridized carbons (Fsp3) is 0.286. The van der Waals surface area contributed by atoms with Crippen LogP contribution < -0.4 is 5.32 Å². The number of anilines is 1. The molecular formula is C14H14N2O4S. The number of rotatable bonds is 2. The molecule has 6 nitrogen and oxygen atoms in total. The van der Waals surface area contributed by atoms with E-state index in [0.717, 1.165) is 10.1 Å². The summed E-state index contributed by atoms with van der Waals surface area (Å²) in [6.45, 7) is 0.635. The number of fused-ring (bicyclic) bond motifs is 1. The molecule has 110 valence electrons. The van der Waals surface area contributed by atoms with Crippen LogP contribution >= 0.6 is 11.3 Å². The minimum Gasteiger partial charge on any atom is -0.480 e. The molecule has 0 spiro atoms. The van der Waals surface area contributed by atoms with Crippen molar-refractivity contribution in [3.05, 3.63) is 29.6 Å². The molecule has 2 N–H and O–H groups in total. The molecule has 2 aromatic rings. The number of carbonyl (C=O) groups is 2. The Morgan fingerprint density at radius 1 is 1.38 bits per heavy atom. The second kappa shape index (κ2) is 5.71. The summed E-state index contributed by atoms with van der Waals surface area (Å²) >= 11 is 1.63. The normalized spacial score (nSPS) is 18.7. The molecule has 1 aliphatic rings. The van der Waals surface area contributed by atoms with Crippen molar-refractivity contribution in [2.75, 3.05) is 25.1 Å². The largest absolute Gasteiger partial charge is 0.480 e. The number of hydrogen-bond acceptors (Lipinski definition) is 4. The van der Waals surface area contributed by atoms with E-state index in [-0.39, 0.29) is 13.2 Å². The third kappa shape index (κ3) is 2.84. The number of nitrogens with zero attached hydrogens (tertiary/aromatic N) is 1. The van der Waals surface area contributed by atoms with Gasteiger partial charge in [-0.1, -0.05) is 0 Å².